The second-order valence-corrected chi connectivity index (χ2v) is 9.04. The van der Waals surface area contributed by atoms with Crippen molar-refractivity contribution < 1.29 is 28.5 Å². The van der Waals surface area contributed by atoms with Gasteiger partial charge in [0.1, 0.15) is 5.75 Å². The maximum atomic E-state index is 13.8. The third-order valence-electron chi connectivity index (χ3n) is 5.93. The molecule has 1 aromatic heterocycles. The van der Waals surface area contributed by atoms with E-state index in [1.54, 1.807) is 51.3 Å². The largest absolute Gasteiger partial charge is 0.497 e. The van der Waals surface area contributed by atoms with Gasteiger partial charge in [-0.3, -0.25) is 9.36 Å². The van der Waals surface area contributed by atoms with Gasteiger partial charge in [-0.1, -0.05) is 23.5 Å². The fraction of sp³-hybridized carbons (Fsp3) is 0.296. The number of thiazole rings is 1. The smallest absolute Gasteiger partial charge is 0.338 e. The minimum atomic E-state index is -0.705. The standard InChI is InChI=1S/C27H28N2O7S/c1-7-36-26(31)22-15(2)28-27-29(23(22)17-8-10-18(32-3)11-9-17)25(30)21(37-27)14-16-12-19(33-4)24(35-6)20(13-16)34-5/h8-14,23H,7H2,1-6H3/b21-14+. The van der Waals surface area contributed by atoms with Gasteiger partial charge in [0.25, 0.3) is 5.56 Å². The van der Waals surface area contributed by atoms with E-state index >= 15 is 0 Å². The van der Waals surface area contributed by atoms with E-state index in [9.17, 15) is 9.59 Å². The van der Waals surface area contributed by atoms with Crippen molar-refractivity contribution in [3.63, 3.8) is 0 Å². The summed E-state index contributed by atoms with van der Waals surface area (Å²) in [4.78, 5) is 31.9. The first-order valence-electron chi connectivity index (χ1n) is 11.5. The Balaban J connectivity index is 1.94. The number of ether oxygens (including phenoxy) is 5. The lowest BCUT2D eigenvalue weighted by molar-refractivity contribution is -0.139. The van der Waals surface area contributed by atoms with Crippen LogP contribution in [0.15, 0.2) is 57.5 Å². The van der Waals surface area contributed by atoms with Gasteiger partial charge in [-0.15, -0.1) is 0 Å². The van der Waals surface area contributed by atoms with Crippen LogP contribution < -0.4 is 33.8 Å². The molecule has 37 heavy (non-hydrogen) atoms. The third kappa shape index (κ3) is 4.84. The van der Waals surface area contributed by atoms with E-state index in [-0.39, 0.29) is 12.2 Å². The molecule has 10 heteroatoms. The quantitative estimate of drug-likeness (QED) is 0.418. The average Bonchev–Trinajstić information content (AvgIpc) is 3.21. The Morgan fingerprint density at radius 3 is 2.22 bits per heavy atom. The lowest BCUT2D eigenvalue weighted by Gasteiger charge is -2.24. The van der Waals surface area contributed by atoms with Crippen molar-refractivity contribution in [2.24, 2.45) is 4.99 Å². The molecular weight excluding hydrogens is 496 g/mol. The van der Waals surface area contributed by atoms with E-state index in [1.165, 1.54) is 37.2 Å². The van der Waals surface area contributed by atoms with Crippen molar-refractivity contribution in [1.82, 2.24) is 4.57 Å². The molecule has 0 saturated heterocycles. The van der Waals surface area contributed by atoms with Gasteiger partial charge in [0.2, 0.25) is 5.75 Å². The molecule has 0 spiro atoms. The summed E-state index contributed by atoms with van der Waals surface area (Å²) in [6.07, 6.45) is 1.74. The Kier molecular flexibility index (Phi) is 7.68. The van der Waals surface area contributed by atoms with E-state index in [0.717, 1.165) is 5.56 Å². The molecule has 2 aromatic carbocycles. The topological polar surface area (TPSA) is 97.6 Å². The number of hydrogen-bond acceptors (Lipinski definition) is 9. The number of nitrogens with zero attached hydrogens (tertiary/aromatic N) is 2. The van der Waals surface area contributed by atoms with Gasteiger partial charge in [-0.2, -0.15) is 0 Å². The molecule has 0 radical (unpaired) electrons. The van der Waals surface area contributed by atoms with E-state index in [4.69, 9.17) is 23.7 Å². The van der Waals surface area contributed by atoms with Gasteiger partial charge in [0.05, 0.1) is 56.9 Å². The summed E-state index contributed by atoms with van der Waals surface area (Å²) in [5.74, 6) is 1.55. The molecule has 1 aliphatic heterocycles. The fourth-order valence-electron chi connectivity index (χ4n) is 4.23. The van der Waals surface area contributed by atoms with Crippen molar-refractivity contribution in [3.05, 3.63) is 78.5 Å². The highest BCUT2D eigenvalue weighted by Gasteiger charge is 2.33. The minimum absolute atomic E-state index is 0.205. The van der Waals surface area contributed by atoms with Crippen LogP contribution in [-0.2, 0) is 9.53 Å². The van der Waals surface area contributed by atoms with Crippen LogP contribution in [-0.4, -0.2) is 45.6 Å². The maximum absolute atomic E-state index is 13.8. The molecule has 0 saturated carbocycles. The molecule has 0 N–H and O–H groups in total. The number of esters is 1. The highest BCUT2D eigenvalue weighted by molar-refractivity contribution is 7.07. The second-order valence-electron chi connectivity index (χ2n) is 8.03. The number of carbonyl (C=O) groups is 1. The van der Waals surface area contributed by atoms with Gasteiger partial charge in [-0.05, 0) is 55.3 Å². The zero-order valence-electron chi connectivity index (χ0n) is 21.5. The molecule has 1 aliphatic rings. The zero-order valence-corrected chi connectivity index (χ0v) is 22.3. The Labute approximate surface area is 217 Å². The van der Waals surface area contributed by atoms with Crippen LogP contribution in [0.4, 0.5) is 0 Å². The second kappa shape index (κ2) is 10.9. The third-order valence-corrected chi connectivity index (χ3v) is 6.92. The molecule has 194 valence electrons. The predicted octanol–water partition coefficient (Wildman–Crippen LogP) is 2.83. The van der Waals surface area contributed by atoms with E-state index in [0.29, 0.717) is 49.2 Å². The molecule has 2 heterocycles. The Hall–Kier alpha value is -4.05. The van der Waals surface area contributed by atoms with Crippen LogP contribution >= 0.6 is 11.3 Å². The summed E-state index contributed by atoms with van der Waals surface area (Å²) in [5, 5.41) is 0. The van der Waals surface area contributed by atoms with Crippen molar-refractivity contribution in [2.45, 2.75) is 19.9 Å². The van der Waals surface area contributed by atoms with Crippen molar-refractivity contribution in [3.8, 4) is 23.0 Å². The highest BCUT2D eigenvalue weighted by atomic mass is 32.1. The summed E-state index contributed by atoms with van der Waals surface area (Å²) >= 11 is 1.23. The van der Waals surface area contributed by atoms with Crippen LogP contribution in [0, 0.1) is 0 Å². The van der Waals surface area contributed by atoms with Crippen molar-refractivity contribution in [1.29, 1.82) is 0 Å². The molecule has 0 fully saturated rings. The lowest BCUT2D eigenvalue weighted by Crippen LogP contribution is -2.39. The monoisotopic (exact) mass is 524 g/mol. The number of carbonyl (C=O) groups excluding carboxylic acids is 1. The molecule has 1 unspecified atom stereocenters. The number of methoxy groups -OCH3 is 4. The first-order chi connectivity index (χ1) is 17.9. The zero-order chi connectivity index (χ0) is 26.7. The van der Waals surface area contributed by atoms with Gasteiger partial charge in [0.15, 0.2) is 16.3 Å². The van der Waals surface area contributed by atoms with Crippen molar-refractivity contribution in [2.75, 3.05) is 35.0 Å². The number of allylic oxidation sites excluding steroid dienone is 1. The number of rotatable bonds is 8. The summed E-state index contributed by atoms with van der Waals surface area (Å²) < 4.78 is 28.9. The van der Waals surface area contributed by atoms with E-state index in [2.05, 4.69) is 4.99 Å². The van der Waals surface area contributed by atoms with Crippen LogP contribution in [0.3, 0.4) is 0 Å². The lowest BCUT2D eigenvalue weighted by atomic mass is 9.96. The van der Waals surface area contributed by atoms with Crippen LogP contribution in [0.1, 0.15) is 31.0 Å². The number of aromatic nitrogens is 1. The van der Waals surface area contributed by atoms with Gasteiger partial charge >= 0.3 is 5.97 Å². The molecule has 0 amide bonds. The summed E-state index contributed by atoms with van der Waals surface area (Å²) in [7, 11) is 6.17. The molecule has 1 atom stereocenters. The van der Waals surface area contributed by atoms with E-state index < -0.39 is 12.0 Å². The average molecular weight is 525 g/mol. The summed E-state index contributed by atoms with van der Waals surface area (Å²) in [5.41, 5.74) is 1.95. The maximum Gasteiger partial charge on any atom is 0.338 e. The fourth-order valence-corrected chi connectivity index (χ4v) is 5.28. The highest BCUT2D eigenvalue weighted by Crippen LogP contribution is 2.38. The number of fused-ring (bicyclic) bond motifs is 1. The van der Waals surface area contributed by atoms with Crippen LogP contribution in [0.2, 0.25) is 0 Å². The summed E-state index contributed by atoms with van der Waals surface area (Å²) in [6, 6.07) is 10.1. The first-order valence-corrected chi connectivity index (χ1v) is 12.3. The molecule has 0 aliphatic carbocycles. The number of benzene rings is 2. The number of hydrogen-bond donors (Lipinski definition) is 0. The van der Waals surface area contributed by atoms with Gasteiger partial charge in [0, 0.05) is 0 Å². The van der Waals surface area contributed by atoms with Crippen LogP contribution in [0.25, 0.3) is 6.08 Å². The molecule has 4 rings (SSSR count). The molecule has 0 bridgehead atoms. The predicted molar refractivity (Wildman–Crippen MR) is 139 cm³/mol. The Bertz CT molecular complexity index is 1510. The van der Waals surface area contributed by atoms with Crippen LogP contribution in [0.5, 0.6) is 23.0 Å². The normalized spacial score (nSPS) is 15.1. The van der Waals surface area contributed by atoms with Crippen molar-refractivity contribution >= 4 is 23.4 Å². The first kappa shape index (κ1) is 26.0. The SMILES string of the molecule is CCOC(=O)C1=C(C)N=c2s/c(=C/c3cc(OC)c(OC)c(OC)c3)c(=O)n2C1c1ccc(OC)cc1. The van der Waals surface area contributed by atoms with Gasteiger partial charge < -0.3 is 23.7 Å². The van der Waals surface area contributed by atoms with E-state index in [1.807, 2.05) is 12.1 Å². The minimum Gasteiger partial charge on any atom is -0.497 e. The Morgan fingerprint density at radius 1 is 1.03 bits per heavy atom. The molecular formula is C27H28N2O7S. The summed E-state index contributed by atoms with van der Waals surface area (Å²) in [6.45, 7) is 3.69. The molecule has 3 aromatic rings. The Morgan fingerprint density at radius 2 is 1.68 bits per heavy atom. The van der Waals surface area contributed by atoms with Gasteiger partial charge in [-0.25, -0.2) is 9.79 Å². The molecule has 9 nitrogen and oxygen atoms in total.